The summed E-state index contributed by atoms with van der Waals surface area (Å²) in [6.07, 6.45) is 3.90. The van der Waals surface area contributed by atoms with Crippen LogP contribution in [0, 0.1) is 17.2 Å². The van der Waals surface area contributed by atoms with Gasteiger partial charge in [-0.2, -0.15) is 0 Å². The lowest BCUT2D eigenvalue weighted by molar-refractivity contribution is -0.157. The number of carbonyl (C=O) groups excluding carboxylic acids is 2. The number of nitrogens with zero attached hydrogens (tertiary/aromatic N) is 3. The number of aromatic nitrogens is 2. The molecule has 0 spiro atoms. The van der Waals surface area contributed by atoms with Crippen LogP contribution < -0.4 is 10.1 Å². The first-order valence-electron chi connectivity index (χ1n) is 15.5. The highest BCUT2D eigenvalue weighted by Crippen LogP contribution is 2.42. The summed E-state index contributed by atoms with van der Waals surface area (Å²) in [7, 11) is 1.45. The highest BCUT2D eigenvalue weighted by molar-refractivity contribution is 6.39. The molecule has 0 radical (unpaired) electrons. The van der Waals surface area contributed by atoms with Crippen LogP contribution in [0.4, 0.5) is 15.9 Å². The molecule has 1 fully saturated rings. The average molecular weight is 680 g/mol. The van der Waals surface area contributed by atoms with Gasteiger partial charge in [-0.3, -0.25) is 14.5 Å². The normalized spacial score (nSPS) is 14.1. The first-order valence-corrected chi connectivity index (χ1v) is 16.2. The number of nitrogens with one attached hydrogen (secondary N) is 1. The number of benzene rings is 2. The van der Waals surface area contributed by atoms with Gasteiger partial charge < -0.3 is 14.8 Å². The van der Waals surface area contributed by atoms with E-state index in [1.165, 1.54) is 7.11 Å². The number of pyridine rings is 2. The Hall–Kier alpha value is -4.05. The minimum Gasteiger partial charge on any atom is -0.480 e. The van der Waals surface area contributed by atoms with Crippen LogP contribution in [0.25, 0.3) is 22.4 Å². The van der Waals surface area contributed by atoms with Crippen LogP contribution in [-0.4, -0.2) is 53.9 Å². The number of methoxy groups -OCH3 is 1. The predicted octanol–water partition coefficient (Wildman–Crippen LogP) is 8.62. The van der Waals surface area contributed by atoms with E-state index in [0.29, 0.717) is 68.7 Å². The zero-order chi connectivity index (χ0) is 33.7. The first-order chi connectivity index (χ1) is 22.6. The van der Waals surface area contributed by atoms with E-state index in [4.69, 9.17) is 32.7 Å². The van der Waals surface area contributed by atoms with Crippen LogP contribution in [0.2, 0.25) is 10.0 Å². The van der Waals surface area contributed by atoms with Gasteiger partial charge in [0.25, 0.3) is 0 Å². The lowest BCUT2D eigenvalue weighted by atomic mass is 9.73. The van der Waals surface area contributed by atoms with Gasteiger partial charge in [0.2, 0.25) is 5.88 Å². The predicted molar refractivity (Wildman–Crippen MR) is 183 cm³/mol. The van der Waals surface area contributed by atoms with Crippen LogP contribution >= 0.6 is 23.2 Å². The van der Waals surface area contributed by atoms with Crippen molar-refractivity contribution < 1.29 is 23.5 Å². The number of piperidine rings is 1. The Labute approximate surface area is 284 Å². The average Bonchev–Trinajstić information content (AvgIpc) is 3.07. The maximum absolute atomic E-state index is 15.8. The standard InChI is InChI=1S/C36H37Cl2FN4O4/c1-5-47-35(45)36(2,3)24-15-18-43(19-16-24)20-22-14-17-40-33(32(22)39)41-29-11-7-9-26(31(29)38)25-8-6-10-27(30(25)37)28-13-12-23(21-44)34(42-28)46-4/h6-14,17,21,24H,5,15-16,18-20H2,1-4H3,(H,40,41). The van der Waals surface area contributed by atoms with Crippen molar-refractivity contribution in [1.82, 2.24) is 14.9 Å². The highest BCUT2D eigenvalue weighted by Gasteiger charge is 2.39. The summed E-state index contributed by atoms with van der Waals surface area (Å²) >= 11 is 13.8. The van der Waals surface area contributed by atoms with E-state index in [2.05, 4.69) is 20.2 Å². The molecule has 0 atom stereocenters. The lowest BCUT2D eigenvalue weighted by Crippen LogP contribution is -2.42. The summed E-state index contributed by atoms with van der Waals surface area (Å²) in [6.45, 7) is 7.97. The Bertz CT molecular complexity index is 1780. The molecule has 0 unspecified atom stereocenters. The molecule has 8 nitrogen and oxygen atoms in total. The van der Waals surface area contributed by atoms with Crippen molar-refractivity contribution in [3.05, 3.63) is 87.8 Å². The molecule has 0 aliphatic carbocycles. The van der Waals surface area contributed by atoms with Gasteiger partial charge in [0.1, 0.15) is 0 Å². The zero-order valence-corrected chi connectivity index (χ0v) is 28.3. The number of aldehydes is 1. The summed E-state index contributed by atoms with van der Waals surface area (Å²) < 4.78 is 26.4. The highest BCUT2D eigenvalue weighted by atomic mass is 35.5. The lowest BCUT2D eigenvalue weighted by Gasteiger charge is -2.39. The van der Waals surface area contributed by atoms with E-state index < -0.39 is 11.2 Å². The second kappa shape index (κ2) is 14.8. The largest absolute Gasteiger partial charge is 0.480 e. The third-order valence-electron chi connectivity index (χ3n) is 8.80. The molecule has 1 N–H and O–H groups in total. The number of hydrogen-bond donors (Lipinski definition) is 1. The molecular formula is C36H37Cl2FN4O4. The molecule has 4 aromatic rings. The minimum atomic E-state index is -0.562. The number of hydrogen-bond acceptors (Lipinski definition) is 8. The number of rotatable bonds is 11. The van der Waals surface area contributed by atoms with Gasteiger partial charge in [0.15, 0.2) is 17.9 Å². The van der Waals surface area contributed by atoms with Gasteiger partial charge in [-0.05, 0) is 76.9 Å². The number of ether oxygens (including phenoxy) is 2. The van der Waals surface area contributed by atoms with Crippen LogP contribution in [0.1, 0.15) is 49.5 Å². The van der Waals surface area contributed by atoms with Crippen molar-refractivity contribution in [3.8, 4) is 28.3 Å². The second-order valence-electron chi connectivity index (χ2n) is 12.0. The monoisotopic (exact) mass is 678 g/mol. The van der Waals surface area contributed by atoms with E-state index in [1.54, 1.807) is 36.5 Å². The van der Waals surface area contributed by atoms with Crippen molar-refractivity contribution in [3.63, 3.8) is 0 Å². The molecule has 0 bridgehead atoms. The molecule has 1 saturated heterocycles. The first kappa shape index (κ1) is 34.3. The summed E-state index contributed by atoms with van der Waals surface area (Å²) in [6, 6.07) is 15.9. The molecule has 11 heteroatoms. The molecule has 5 rings (SSSR count). The third-order valence-corrected chi connectivity index (χ3v) is 9.61. The maximum atomic E-state index is 15.8. The van der Waals surface area contributed by atoms with Gasteiger partial charge in [0, 0.05) is 35.0 Å². The van der Waals surface area contributed by atoms with Crippen molar-refractivity contribution >= 4 is 47.0 Å². The van der Waals surface area contributed by atoms with Gasteiger partial charge in [-0.25, -0.2) is 14.4 Å². The maximum Gasteiger partial charge on any atom is 0.311 e. The van der Waals surface area contributed by atoms with Crippen LogP contribution in [0.15, 0.2) is 60.8 Å². The van der Waals surface area contributed by atoms with Crippen LogP contribution in [-0.2, 0) is 16.1 Å². The molecule has 0 amide bonds. The Morgan fingerprint density at radius 2 is 1.72 bits per heavy atom. The number of carbonyl (C=O) groups is 2. The smallest absolute Gasteiger partial charge is 0.311 e. The van der Waals surface area contributed by atoms with Crippen molar-refractivity contribution in [2.24, 2.45) is 11.3 Å². The molecular weight excluding hydrogens is 642 g/mol. The van der Waals surface area contributed by atoms with Crippen molar-refractivity contribution in [2.75, 3.05) is 32.1 Å². The minimum absolute atomic E-state index is 0.0614. The van der Waals surface area contributed by atoms with Gasteiger partial charge in [0.05, 0.1) is 46.1 Å². The summed E-state index contributed by atoms with van der Waals surface area (Å²) in [5.41, 5.74) is 3.18. The molecule has 3 heterocycles. The van der Waals surface area contributed by atoms with E-state index in [0.717, 1.165) is 25.9 Å². The Balaban J connectivity index is 1.34. The molecule has 1 aliphatic rings. The van der Waals surface area contributed by atoms with E-state index in [1.807, 2.05) is 45.0 Å². The number of anilines is 2. The Morgan fingerprint density at radius 3 is 2.40 bits per heavy atom. The summed E-state index contributed by atoms with van der Waals surface area (Å²) in [4.78, 5) is 34.7. The van der Waals surface area contributed by atoms with Crippen LogP contribution in [0.5, 0.6) is 5.88 Å². The summed E-state index contributed by atoms with van der Waals surface area (Å²) in [5.74, 6) is -0.173. The molecule has 2 aromatic carbocycles. The van der Waals surface area contributed by atoms with E-state index in [9.17, 15) is 9.59 Å². The third kappa shape index (κ3) is 7.27. The topological polar surface area (TPSA) is 93.7 Å². The van der Waals surface area contributed by atoms with Gasteiger partial charge in [-0.15, -0.1) is 0 Å². The fourth-order valence-electron chi connectivity index (χ4n) is 5.99. The van der Waals surface area contributed by atoms with Crippen LogP contribution in [0.3, 0.4) is 0 Å². The van der Waals surface area contributed by atoms with Gasteiger partial charge >= 0.3 is 5.97 Å². The fraction of sp³-hybridized carbons (Fsp3) is 0.333. The molecule has 0 saturated carbocycles. The summed E-state index contributed by atoms with van der Waals surface area (Å²) in [5, 5.41) is 3.82. The Morgan fingerprint density at radius 1 is 1.04 bits per heavy atom. The van der Waals surface area contributed by atoms with E-state index in [-0.39, 0.29) is 23.6 Å². The molecule has 1 aliphatic heterocycles. The fourth-order valence-corrected chi connectivity index (χ4v) is 6.59. The number of esters is 1. The van der Waals surface area contributed by atoms with Crippen molar-refractivity contribution in [1.29, 1.82) is 0 Å². The number of likely N-dealkylation sites (tertiary alicyclic amines) is 1. The second-order valence-corrected chi connectivity index (χ2v) is 12.8. The molecule has 246 valence electrons. The number of halogens is 3. The Kier molecular flexibility index (Phi) is 10.8. The van der Waals surface area contributed by atoms with Crippen molar-refractivity contribution in [2.45, 2.75) is 40.2 Å². The molecule has 2 aromatic heterocycles. The quantitative estimate of drug-likeness (QED) is 0.124. The van der Waals surface area contributed by atoms with Gasteiger partial charge in [-0.1, -0.05) is 53.5 Å². The zero-order valence-electron chi connectivity index (χ0n) is 26.8. The SMILES string of the molecule is CCOC(=O)C(C)(C)C1CCN(Cc2ccnc(Nc3cccc(-c4cccc(-c5ccc(C=O)c(OC)n5)c4Cl)c3Cl)c2F)CC1. The molecule has 47 heavy (non-hydrogen) atoms. The van der Waals surface area contributed by atoms with E-state index >= 15 is 4.39 Å².